The molecule has 0 saturated carbocycles. The molecule has 1 saturated heterocycles. The zero-order valence-electron chi connectivity index (χ0n) is 17.7. The van der Waals surface area contributed by atoms with Crippen molar-refractivity contribution in [1.82, 2.24) is 9.88 Å². The number of pyridine rings is 1. The van der Waals surface area contributed by atoms with Crippen molar-refractivity contribution in [3.8, 4) is 17.0 Å². The summed E-state index contributed by atoms with van der Waals surface area (Å²) in [6.45, 7) is 8.66. The van der Waals surface area contributed by atoms with Crippen LogP contribution in [0.25, 0.3) is 22.2 Å². The van der Waals surface area contributed by atoms with Crippen molar-refractivity contribution in [1.29, 1.82) is 0 Å². The maximum Gasteiger partial charge on any atom is 0.254 e. The van der Waals surface area contributed by atoms with E-state index < -0.39 is 0 Å². The van der Waals surface area contributed by atoms with Gasteiger partial charge in [0, 0.05) is 28.5 Å². The largest absolute Gasteiger partial charge is 0.494 e. The molecule has 0 unspecified atom stereocenters. The van der Waals surface area contributed by atoms with E-state index in [1.54, 1.807) is 0 Å². The van der Waals surface area contributed by atoms with Gasteiger partial charge in [-0.25, -0.2) is 4.98 Å². The molecule has 0 aliphatic carbocycles. The fraction of sp³-hybridized carbons (Fsp3) is 0.360. The molecule has 2 heterocycles. The van der Waals surface area contributed by atoms with Crippen molar-refractivity contribution in [2.45, 2.75) is 27.2 Å². The van der Waals surface area contributed by atoms with Crippen LogP contribution in [0.15, 0.2) is 53.0 Å². The molecular formula is C25H27BrN2O2. The van der Waals surface area contributed by atoms with E-state index in [9.17, 15) is 4.79 Å². The molecule has 1 amide bonds. The molecular weight excluding hydrogens is 440 g/mol. The van der Waals surface area contributed by atoms with Gasteiger partial charge in [0.05, 0.1) is 23.4 Å². The number of hydrogen-bond acceptors (Lipinski definition) is 3. The van der Waals surface area contributed by atoms with Crippen LogP contribution in [0.1, 0.15) is 37.6 Å². The minimum atomic E-state index is 0.0890. The predicted octanol–water partition coefficient (Wildman–Crippen LogP) is 6.18. The third-order valence-electron chi connectivity index (χ3n) is 5.62. The van der Waals surface area contributed by atoms with Crippen LogP contribution in [0.3, 0.4) is 0 Å². The van der Waals surface area contributed by atoms with Gasteiger partial charge in [0.1, 0.15) is 5.75 Å². The summed E-state index contributed by atoms with van der Waals surface area (Å²) < 4.78 is 6.50. The second kappa shape index (κ2) is 8.76. The average molecular weight is 467 g/mol. The molecule has 30 heavy (non-hydrogen) atoms. The van der Waals surface area contributed by atoms with Crippen LogP contribution in [-0.2, 0) is 0 Å². The zero-order valence-corrected chi connectivity index (χ0v) is 19.3. The van der Waals surface area contributed by atoms with Gasteiger partial charge >= 0.3 is 0 Å². The molecule has 5 heteroatoms. The highest BCUT2D eigenvalue weighted by Gasteiger charge is 2.27. The van der Waals surface area contributed by atoms with Gasteiger partial charge in [0.15, 0.2) is 0 Å². The van der Waals surface area contributed by atoms with E-state index in [-0.39, 0.29) is 5.91 Å². The normalized spacial score (nSPS) is 19.1. The van der Waals surface area contributed by atoms with Crippen LogP contribution < -0.4 is 4.74 Å². The third-order valence-corrected chi connectivity index (χ3v) is 6.11. The molecule has 4 rings (SSSR count). The Bertz CT molecular complexity index is 1050. The highest BCUT2D eigenvalue weighted by molar-refractivity contribution is 9.10. The number of halogens is 1. The van der Waals surface area contributed by atoms with Gasteiger partial charge in [-0.05, 0) is 73.7 Å². The van der Waals surface area contributed by atoms with Crippen LogP contribution in [0.4, 0.5) is 0 Å². The fourth-order valence-electron chi connectivity index (χ4n) is 4.41. The van der Waals surface area contributed by atoms with E-state index in [2.05, 4.69) is 29.8 Å². The molecule has 1 aromatic heterocycles. The molecule has 4 nitrogen and oxygen atoms in total. The molecule has 0 radical (unpaired) electrons. The molecule has 2 aromatic carbocycles. The summed E-state index contributed by atoms with van der Waals surface area (Å²) in [7, 11) is 0. The van der Waals surface area contributed by atoms with E-state index >= 15 is 0 Å². The first-order chi connectivity index (χ1) is 14.4. The molecule has 2 atom stereocenters. The lowest BCUT2D eigenvalue weighted by molar-refractivity contribution is 0.0625. The Morgan fingerprint density at radius 2 is 1.80 bits per heavy atom. The second-order valence-corrected chi connectivity index (χ2v) is 9.25. The van der Waals surface area contributed by atoms with Crippen LogP contribution in [0.5, 0.6) is 5.75 Å². The number of carbonyl (C=O) groups is 1. The maximum atomic E-state index is 13.6. The van der Waals surface area contributed by atoms with Crippen molar-refractivity contribution >= 4 is 32.7 Å². The lowest BCUT2D eigenvalue weighted by Gasteiger charge is -2.35. The number of hydrogen-bond donors (Lipinski definition) is 0. The Morgan fingerprint density at radius 1 is 1.10 bits per heavy atom. The molecule has 1 aliphatic heterocycles. The lowest BCUT2D eigenvalue weighted by Crippen LogP contribution is -2.42. The van der Waals surface area contributed by atoms with Gasteiger partial charge < -0.3 is 9.64 Å². The number of carbonyl (C=O) groups excluding carboxylic acids is 1. The number of aromatic nitrogens is 1. The minimum absolute atomic E-state index is 0.0890. The third kappa shape index (κ3) is 4.36. The Kier molecular flexibility index (Phi) is 6.09. The summed E-state index contributed by atoms with van der Waals surface area (Å²) in [5, 5.41) is 0.884. The molecule has 1 aliphatic rings. The topological polar surface area (TPSA) is 42.4 Å². The number of rotatable bonds is 4. The molecule has 156 valence electrons. The summed E-state index contributed by atoms with van der Waals surface area (Å²) in [4.78, 5) is 20.5. The van der Waals surface area contributed by atoms with Gasteiger partial charge in [0.25, 0.3) is 5.91 Å². The van der Waals surface area contributed by atoms with Gasteiger partial charge in [-0.15, -0.1) is 0 Å². The highest BCUT2D eigenvalue weighted by Crippen LogP contribution is 2.30. The molecule has 0 N–H and O–H groups in total. The average Bonchev–Trinajstić information content (AvgIpc) is 2.72. The van der Waals surface area contributed by atoms with E-state index in [0.29, 0.717) is 24.0 Å². The second-order valence-electron chi connectivity index (χ2n) is 8.33. The number of likely N-dealkylation sites (tertiary alicyclic amines) is 1. The van der Waals surface area contributed by atoms with Crippen molar-refractivity contribution in [3.05, 3.63) is 58.6 Å². The summed E-state index contributed by atoms with van der Waals surface area (Å²) in [5.41, 5.74) is 3.31. The summed E-state index contributed by atoms with van der Waals surface area (Å²) in [6, 6.07) is 15.8. The van der Waals surface area contributed by atoms with Crippen molar-refractivity contribution in [3.63, 3.8) is 0 Å². The number of fused-ring (bicyclic) bond motifs is 1. The Hall–Kier alpha value is -2.40. The highest BCUT2D eigenvalue weighted by atomic mass is 79.9. The summed E-state index contributed by atoms with van der Waals surface area (Å²) >= 11 is 3.55. The van der Waals surface area contributed by atoms with Gasteiger partial charge in [-0.1, -0.05) is 29.8 Å². The Balaban J connectivity index is 1.79. The van der Waals surface area contributed by atoms with E-state index in [1.165, 1.54) is 6.42 Å². The fourth-order valence-corrected chi connectivity index (χ4v) is 4.77. The molecule has 0 bridgehead atoms. The van der Waals surface area contributed by atoms with Crippen molar-refractivity contribution in [2.24, 2.45) is 11.8 Å². The standard InChI is InChI=1S/C25H27BrN2O2/c1-4-30-20-8-5-18(6-9-20)24-13-22(21-12-19(26)7-10-23(21)27-24)25(29)28-14-16(2)11-17(3)15-28/h5-10,12-13,16-17H,4,11,14-15H2,1-3H3/t16-,17+. The monoisotopic (exact) mass is 466 g/mol. The molecule has 1 fully saturated rings. The Morgan fingerprint density at radius 3 is 2.47 bits per heavy atom. The van der Waals surface area contributed by atoms with Crippen molar-refractivity contribution in [2.75, 3.05) is 19.7 Å². The van der Waals surface area contributed by atoms with E-state index in [0.717, 1.165) is 45.5 Å². The quantitative estimate of drug-likeness (QED) is 0.460. The first-order valence-electron chi connectivity index (χ1n) is 10.6. The van der Waals surface area contributed by atoms with Crippen LogP contribution >= 0.6 is 15.9 Å². The molecule has 0 spiro atoms. The number of ether oxygens (including phenoxy) is 1. The Labute approximate surface area is 186 Å². The summed E-state index contributed by atoms with van der Waals surface area (Å²) in [5.74, 6) is 1.95. The van der Waals surface area contributed by atoms with Crippen molar-refractivity contribution < 1.29 is 9.53 Å². The lowest BCUT2D eigenvalue weighted by atomic mass is 9.91. The first-order valence-corrected chi connectivity index (χ1v) is 11.4. The number of amides is 1. The van der Waals surface area contributed by atoms with Crippen LogP contribution in [-0.4, -0.2) is 35.5 Å². The smallest absolute Gasteiger partial charge is 0.254 e. The van der Waals surface area contributed by atoms with Gasteiger partial charge in [-0.2, -0.15) is 0 Å². The molecule has 3 aromatic rings. The van der Waals surface area contributed by atoms with Crippen LogP contribution in [0.2, 0.25) is 0 Å². The number of benzene rings is 2. The zero-order chi connectivity index (χ0) is 21.3. The maximum absolute atomic E-state index is 13.6. The van der Waals surface area contributed by atoms with Gasteiger partial charge in [0.2, 0.25) is 0 Å². The van der Waals surface area contributed by atoms with E-state index in [4.69, 9.17) is 9.72 Å². The number of nitrogens with zero attached hydrogens (tertiary/aromatic N) is 2. The number of piperidine rings is 1. The van der Waals surface area contributed by atoms with Gasteiger partial charge in [-0.3, -0.25) is 4.79 Å². The predicted molar refractivity (Wildman–Crippen MR) is 125 cm³/mol. The van der Waals surface area contributed by atoms with Crippen LogP contribution in [0, 0.1) is 11.8 Å². The SMILES string of the molecule is CCOc1ccc(-c2cc(C(=O)N3C[C@H](C)C[C@H](C)C3)c3cc(Br)ccc3n2)cc1. The van der Waals surface area contributed by atoms with E-state index in [1.807, 2.05) is 60.4 Å². The summed E-state index contributed by atoms with van der Waals surface area (Å²) in [6.07, 6.45) is 1.17. The first kappa shape index (κ1) is 20.9. The minimum Gasteiger partial charge on any atom is -0.494 e.